The van der Waals surface area contributed by atoms with Gasteiger partial charge in [0.2, 0.25) is 5.91 Å². The van der Waals surface area contributed by atoms with Gasteiger partial charge in [-0.05, 0) is 64.2 Å². The van der Waals surface area contributed by atoms with E-state index >= 15 is 0 Å². The highest BCUT2D eigenvalue weighted by Crippen LogP contribution is 2.34. The molecule has 6 rings (SSSR count). The molecule has 1 amide bonds. The Bertz CT molecular complexity index is 1690. The van der Waals surface area contributed by atoms with Crippen LogP contribution in [0.4, 0.5) is 0 Å². The van der Waals surface area contributed by atoms with Gasteiger partial charge in [-0.3, -0.25) is 9.59 Å². The molecule has 1 aliphatic rings. The van der Waals surface area contributed by atoms with Crippen LogP contribution in [0.2, 0.25) is 5.02 Å². The second-order valence-corrected chi connectivity index (χ2v) is 9.64. The number of aryl methyl sites for hydroxylation is 1. The Morgan fingerprint density at radius 3 is 2.74 bits per heavy atom. The number of aromatic amines is 1. The van der Waals surface area contributed by atoms with Crippen molar-refractivity contribution in [3.63, 3.8) is 0 Å². The van der Waals surface area contributed by atoms with Crippen molar-refractivity contribution in [2.75, 3.05) is 0 Å². The van der Waals surface area contributed by atoms with Crippen molar-refractivity contribution >= 4 is 17.5 Å². The van der Waals surface area contributed by atoms with Gasteiger partial charge in [0, 0.05) is 35.8 Å². The van der Waals surface area contributed by atoms with Gasteiger partial charge in [-0.1, -0.05) is 35.9 Å². The van der Waals surface area contributed by atoms with Crippen molar-refractivity contribution < 1.29 is 4.79 Å². The summed E-state index contributed by atoms with van der Waals surface area (Å²) in [7, 11) is 0. The number of tetrazole rings is 1. The molecule has 11 heteroatoms. The fourth-order valence-electron chi connectivity index (χ4n) is 4.90. The number of H-pyrrole nitrogens is 1. The van der Waals surface area contributed by atoms with E-state index in [0.717, 1.165) is 58.0 Å². The summed E-state index contributed by atoms with van der Waals surface area (Å²) in [5.74, 6) is 0.681. The minimum absolute atomic E-state index is 0.0630. The minimum Gasteiger partial charge on any atom is -0.352 e. The standard InChI is InChI=1S/C27H23ClN8O2/c1-16(37)29-13-17-2-4-18(5-3-17)23-14-30-27(32-23)25-9-7-21-10-19(11-26(38)36(21)25)22-12-20(28)6-8-24(22)35-15-31-33-34-35/h2-6,8,10-12,14-15,25H,7,9,13H2,1H3,(H,29,37)(H,30,32)/t25-/m0/s1. The lowest BCUT2D eigenvalue weighted by Crippen LogP contribution is -2.23. The van der Waals surface area contributed by atoms with Crippen LogP contribution in [0.15, 0.2) is 71.9 Å². The smallest absolute Gasteiger partial charge is 0.252 e. The zero-order valence-corrected chi connectivity index (χ0v) is 21.2. The molecule has 0 bridgehead atoms. The Hall–Kier alpha value is -4.57. The summed E-state index contributed by atoms with van der Waals surface area (Å²) in [6, 6.07) is 16.8. The third-order valence-corrected chi connectivity index (χ3v) is 6.95. The molecule has 2 aromatic carbocycles. The molecule has 1 atom stereocenters. The molecule has 190 valence electrons. The van der Waals surface area contributed by atoms with Gasteiger partial charge in [0.15, 0.2) is 0 Å². The summed E-state index contributed by atoms with van der Waals surface area (Å²) in [5.41, 5.74) is 5.95. The van der Waals surface area contributed by atoms with Gasteiger partial charge in [-0.2, -0.15) is 4.68 Å². The lowest BCUT2D eigenvalue weighted by Gasteiger charge is -2.15. The second kappa shape index (κ2) is 9.71. The molecule has 5 aromatic rings. The van der Waals surface area contributed by atoms with Gasteiger partial charge in [-0.15, -0.1) is 5.10 Å². The van der Waals surface area contributed by atoms with E-state index in [1.165, 1.54) is 13.3 Å². The number of halogens is 1. The summed E-state index contributed by atoms with van der Waals surface area (Å²) < 4.78 is 3.36. The highest BCUT2D eigenvalue weighted by molar-refractivity contribution is 6.31. The molecule has 0 aliphatic carbocycles. The van der Waals surface area contributed by atoms with Crippen molar-refractivity contribution in [2.24, 2.45) is 0 Å². The Labute approximate surface area is 222 Å². The van der Waals surface area contributed by atoms with E-state index in [9.17, 15) is 9.59 Å². The lowest BCUT2D eigenvalue weighted by atomic mass is 10.0. The molecule has 0 saturated carbocycles. The van der Waals surface area contributed by atoms with Crippen molar-refractivity contribution in [1.29, 1.82) is 0 Å². The number of nitrogens with zero attached hydrogens (tertiary/aromatic N) is 6. The Balaban J connectivity index is 1.29. The van der Waals surface area contributed by atoms with Gasteiger partial charge in [0.1, 0.15) is 12.2 Å². The maximum Gasteiger partial charge on any atom is 0.252 e. The zero-order valence-electron chi connectivity index (χ0n) is 20.4. The van der Waals surface area contributed by atoms with Crippen molar-refractivity contribution in [2.45, 2.75) is 32.4 Å². The van der Waals surface area contributed by atoms with E-state index < -0.39 is 0 Å². The topological polar surface area (TPSA) is 123 Å². The first kappa shape index (κ1) is 23.8. The molecule has 0 radical (unpaired) electrons. The van der Waals surface area contributed by atoms with Gasteiger partial charge < -0.3 is 14.9 Å². The zero-order chi connectivity index (χ0) is 26.2. The van der Waals surface area contributed by atoms with Crippen molar-refractivity contribution in [3.05, 3.63) is 99.6 Å². The number of carbonyl (C=O) groups is 1. The molecule has 0 unspecified atom stereocenters. The molecular weight excluding hydrogens is 504 g/mol. The monoisotopic (exact) mass is 526 g/mol. The Kier molecular flexibility index (Phi) is 6.09. The molecule has 2 N–H and O–H groups in total. The summed E-state index contributed by atoms with van der Waals surface area (Å²) in [4.78, 5) is 32.6. The number of aromatic nitrogens is 7. The maximum atomic E-state index is 13.4. The predicted molar refractivity (Wildman–Crippen MR) is 142 cm³/mol. The Morgan fingerprint density at radius 1 is 1.13 bits per heavy atom. The number of amides is 1. The first-order chi connectivity index (χ1) is 18.5. The van der Waals surface area contributed by atoms with E-state index in [2.05, 4.69) is 30.8 Å². The fraction of sp³-hybridized carbons (Fsp3) is 0.185. The van der Waals surface area contributed by atoms with Crippen LogP contribution in [0.3, 0.4) is 0 Å². The molecule has 0 fully saturated rings. The van der Waals surface area contributed by atoms with Crippen LogP contribution in [0.1, 0.15) is 36.5 Å². The molecule has 1 aliphatic heterocycles. The quantitative estimate of drug-likeness (QED) is 0.348. The molecular formula is C27H23ClN8O2. The lowest BCUT2D eigenvalue weighted by molar-refractivity contribution is -0.119. The van der Waals surface area contributed by atoms with Crippen LogP contribution >= 0.6 is 11.6 Å². The molecule has 10 nitrogen and oxygen atoms in total. The van der Waals surface area contributed by atoms with E-state index in [-0.39, 0.29) is 17.5 Å². The van der Waals surface area contributed by atoms with Crippen LogP contribution < -0.4 is 10.9 Å². The second-order valence-electron chi connectivity index (χ2n) is 9.20. The van der Waals surface area contributed by atoms with E-state index in [0.29, 0.717) is 11.6 Å². The number of hydrogen-bond acceptors (Lipinski definition) is 6. The molecule has 0 spiro atoms. The number of fused-ring (bicyclic) bond motifs is 1. The van der Waals surface area contributed by atoms with E-state index in [1.807, 2.05) is 47.0 Å². The van der Waals surface area contributed by atoms with E-state index in [4.69, 9.17) is 11.6 Å². The van der Waals surface area contributed by atoms with Crippen LogP contribution in [-0.2, 0) is 17.8 Å². The fourth-order valence-corrected chi connectivity index (χ4v) is 5.07. The van der Waals surface area contributed by atoms with Gasteiger partial charge >= 0.3 is 0 Å². The van der Waals surface area contributed by atoms with Gasteiger partial charge in [-0.25, -0.2) is 4.98 Å². The highest BCUT2D eigenvalue weighted by Gasteiger charge is 2.28. The average Bonchev–Trinajstić information content (AvgIpc) is 3.68. The summed E-state index contributed by atoms with van der Waals surface area (Å²) in [6.45, 7) is 1.99. The number of imidazole rings is 1. The maximum absolute atomic E-state index is 13.4. The average molecular weight is 527 g/mol. The SMILES string of the molecule is CC(=O)NCc1ccc(-c2cnc([C@@H]3CCc4cc(-c5cc(Cl)ccc5-n5cnnn5)cc(=O)n43)[nH]2)cc1. The summed E-state index contributed by atoms with van der Waals surface area (Å²) in [5, 5.41) is 14.8. The number of nitrogens with one attached hydrogen (secondary N) is 2. The molecule has 38 heavy (non-hydrogen) atoms. The normalized spacial score (nSPS) is 14.4. The number of carbonyl (C=O) groups excluding carboxylic acids is 1. The van der Waals surface area contributed by atoms with Crippen LogP contribution in [-0.4, -0.2) is 40.6 Å². The first-order valence-corrected chi connectivity index (χ1v) is 12.5. The Morgan fingerprint density at radius 2 is 1.97 bits per heavy atom. The third-order valence-electron chi connectivity index (χ3n) is 6.72. The third kappa shape index (κ3) is 4.50. The molecule has 0 saturated heterocycles. The van der Waals surface area contributed by atoms with Gasteiger partial charge in [0.05, 0.1) is 23.6 Å². The number of rotatable bonds is 6. The highest BCUT2D eigenvalue weighted by atomic mass is 35.5. The van der Waals surface area contributed by atoms with Gasteiger partial charge in [0.25, 0.3) is 5.56 Å². The van der Waals surface area contributed by atoms with Crippen LogP contribution in [0.25, 0.3) is 28.1 Å². The number of pyridine rings is 1. The number of hydrogen-bond donors (Lipinski definition) is 2. The van der Waals surface area contributed by atoms with Crippen molar-refractivity contribution in [3.8, 4) is 28.1 Å². The number of benzene rings is 2. The summed E-state index contributed by atoms with van der Waals surface area (Å²) in [6.07, 6.45) is 4.80. The molecule has 4 heterocycles. The van der Waals surface area contributed by atoms with E-state index in [1.54, 1.807) is 23.0 Å². The van der Waals surface area contributed by atoms with Crippen LogP contribution in [0, 0.1) is 0 Å². The van der Waals surface area contributed by atoms with Crippen molar-refractivity contribution in [1.82, 2.24) is 40.1 Å². The first-order valence-electron chi connectivity index (χ1n) is 12.1. The molecule has 3 aromatic heterocycles. The minimum atomic E-state index is -0.183. The largest absolute Gasteiger partial charge is 0.352 e. The summed E-state index contributed by atoms with van der Waals surface area (Å²) >= 11 is 6.30. The van der Waals surface area contributed by atoms with Crippen LogP contribution in [0.5, 0.6) is 0 Å². The predicted octanol–water partition coefficient (Wildman–Crippen LogP) is 3.71.